The largest absolute Gasteiger partial charge is 0.399 e. The van der Waals surface area contributed by atoms with E-state index in [1.54, 1.807) is 30.5 Å². The summed E-state index contributed by atoms with van der Waals surface area (Å²) < 4.78 is 0. The smallest absolute Gasteiger partial charge is 0.253 e. The molecule has 1 fully saturated rings. The summed E-state index contributed by atoms with van der Waals surface area (Å²) in [6.07, 6.45) is 4.21. The van der Waals surface area contributed by atoms with Crippen LogP contribution in [-0.2, 0) is 0 Å². The van der Waals surface area contributed by atoms with Crippen LogP contribution in [0.1, 0.15) is 16.8 Å². The van der Waals surface area contributed by atoms with Gasteiger partial charge in [-0.2, -0.15) is 0 Å². The van der Waals surface area contributed by atoms with Gasteiger partial charge in [-0.05, 0) is 36.8 Å². The van der Waals surface area contributed by atoms with E-state index in [2.05, 4.69) is 25.1 Å². The van der Waals surface area contributed by atoms with Gasteiger partial charge in [0, 0.05) is 59.2 Å². The molecule has 1 saturated heterocycles. The molecular weight excluding hydrogens is 402 g/mol. The predicted octanol–water partition coefficient (Wildman–Crippen LogP) is 4.08. The van der Waals surface area contributed by atoms with Crippen molar-refractivity contribution < 1.29 is 4.79 Å². The first-order valence-corrected chi connectivity index (χ1v) is 10.3. The Hall–Kier alpha value is -4.38. The van der Waals surface area contributed by atoms with Crippen molar-refractivity contribution in [3.63, 3.8) is 0 Å². The zero-order chi connectivity index (χ0) is 22.1. The second-order valence-electron chi connectivity index (χ2n) is 7.79. The third-order valence-electron chi connectivity index (χ3n) is 5.70. The molecular formula is C24H21N7O. The Morgan fingerprint density at radius 2 is 2.03 bits per heavy atom. The second kappa shape index (κ2) is 8.04. The van der Waals surface area contributed by atoms with E-state index in [1.165, 1.54) is 0 Å². The number of nitrogens with two attached hydrogens (primary N) is 1. The molecule has 0 saturated carbocycles. The van der Waals surface area contributed by atoms with E-state index in [0.29, 0.717) is 41.7 Å². The number of para-hydroxylation sites is 1. The molecule has 5 rings (SSSR count). The Morgan fingerprint density at radius 1 is 1.22 bits per heavy atom. The number of carbonyl (C=O) groups excluding carboxylic acids is 1. The van der Waals surface area contributed by atoms with Crippen LogP contribution in [0.15, 0.2) is 60.9 Å². The highest BCUT2D eigenvalue weighted by Crippen LogP contribution is 2.34. The molecule has 4 aromatic rings. The van der Waals surface area contributed by atoms with Gasteiger partial charge in [-0.1, -0.05) is 18.2 Å². The Labute approximate surface area is 184 Å². The Morgan fingerprint density at radius 3 is 2.84 bits per heavy atom. The van der Waals surface area contributed by atoms with Crippen molar-refractivity contribution in [1.82, 2.24) is 19.9 Å². The number of nitrogens with zero attached hydrogens (tertiary/aromatic N) is 4. The van der Waals surface area contributed by atoms with Gasteiger partial charge in [0.2, 0.25) is 11.6 Å². The first-order valence-electron chi connectivity index (χ1n) is 10.3. The van der Waals surface area contributed by atoms with Gasteiger partial charge in [-0.25, -0.2) is 14.8 Å². The van der Waals surface area contributed by atoms with Crippen molar-refractivity contribution in [2.45, 2.75) is 12.5 Å². The maximum absolute atomic E-state index is 12.8. The number of hydrogen-bond donors (Lipinski definition) is 3. The van der Waals surface area contributed by atoms with Crippen molar-refractivity contribution in [2.75, 3.05) is 24.1 Å². The highest BCUT2D eigenvalue weighted by atomic mass is 16.2. The average molecular weight is 423 g/mol. The van der Waals surface area contributed by atoms with Gasteiger partial charge in [0.05, 0.1) is 12.3 Å². The maximum Gasteiger partial charge on any atom is 0.253 e. The quantitative estimate of drug-likeness (QED) is 0.339. The summed E-state index contributed by atoms with van der Waals surface area (Å²) in [5.74, 6) is 0.433. The highest BCUT2D eigenvalue weighted by molar-refractivity contribution is 5.97. The molecule has 0 aliphatic carbocycles. The second-order valence-corrected chi connectivity index (χ2v) is 7.79. The molecule has 1 atom stereocenters. The van der Waals surface area contributed by atoms with E-state index < -0.39 is 0 Å². The first-order chi connectivity index (χ1) is 15.6. The van der Waals surface area contributed by atoms with Gasteiger partial charge < -0.3 is 20.9 Å². The SMILES string of the molecule is [C-]#[N+]c1cnc(N[C@@H]2CCN(C(=O)c3ccc(N)cc3)C2)nc1-c1c[nH]c2ccccc12. The van der Waals surface area contributed by atoms with Crippen LogP contribution >= 0.6 is 0 Å². The number of amides is 1. The van der Waals surface area contributed by atoms with Crippen LogP contribution in [-0.4, -0.2) is 44.9 Å². The molecule has 4 N–H and O–H groups in total. The summed E-state index contributed by atoms with van der Waals surface area (Å²) in [6.45, 7) is 8.72. The third kappa shape index (κ3) is 3.61. The minimum Gasteiger partial charge on any atom is -0.399 e. The molecule has 1 amide bonds. The van der Waals surface area contributed by atoms with Crippen LogP contribution in [0.2, 0.25) is 0 Å². The standard InChI is InChI=1S/C24H21N7O/c1-26-21-13-28-24(30-22(21)19-12-27-20-5-3-2-4-18(19)20)29-17-10-11-31(14-17)23(32)15-6-8-16(25)9-7-15/h2-9,12-13,17,27H,10-11,14,25H2,(H,28,29,30)/t17-/m1/s1. The van der Waals surface area contributed by atoms with Gasteiger partial charge in [0.25, 0.3) is 5.91 Å². The molecule has 0 spiro atoms. The van der Waals surface area contributed by atoms with E-state index in [0.717, 1.165) is 22.9 Å². The number of fused-ring (bicyclic) bond motifs is 1. The van der Waals surface area contributed by atoms with E-state index in [1.807, 2.05) is 35.4 Å². The normalized spacial score (nSPS) is 15.6. The Kier molecular flexibility index (Phi) is 4.92. The number of rotatable bonds is 4. The molecule has 2 aromatic heterocycles. The minimum atomic E-state index is -0.0157. The number of H-pyrrole nitrogens is 1. The number of nitrogens with one attached hydrogen (secondary N) is 2. The average Bonchev–Trinajstić information content (AvgIpc) is 3.46. The number of carbonyl (C=O) groups is 1. The van der Waals surface area contributed by atoms with E-state index in [4.69, 9.17) is 12.3 Å². The summed E-state index contributed by atoms with van der Waals surface area (Å²) in [5, 5.41) is 4.34. The van der Waals surface area contributed by atoms with Crippen molar-refractivity contribution in [1.29, 1.82) is 0 Å². The Bertz CT molecular complexity index is 1340. The number of aromatic nitrogens is 3. The van der Waals surface area contributed by atoms with Crippen molar-refractivity contribution in [2.24, 2.45) is 0 Å². The fourth-order valence-corrected chi connectivity index (χ4v) is 4.05. The van der Waals surface area contributed by atoms with Gasteiger partial charge in [-0.15, -0.1) is 0 Å². The zero-order valence-electron chi connectivity index (χ0n) is 17.2. The Balaban J connectivity index is 1.35. The lowest BCUT2D eigenvalue weighted by molar-refractivity contribution is 0.0791. The molecule has 8 heteroatoms. The molecule has 8 nitrogen and oxygen atoms in total. The topological polar surface area (TPSA) is 104 Å². The number of hydrogen-bond acceptors (Lipinski definition) is 5. The van der Waals surface area contributed by atoms with Gasteiger partial charge in [-0.3, -0.25) is 4.79 Å². The number of nitrogen functional groups attached to an aromatic ring is 1. The predicted molar refractivity (Wildman–Crippen MR) is 124 cm³/mol. The van der Waals surface area contributed by atoms with E-state index in [9.17, 15) is 4.79 Å². The van der Waals surface area contributed by atoms with Crippen molar-refractivity contribution >= 4 is 34.1 Å². The highest BCUT2D eigenvalue weighted by Gasteiger charge is 2.27. The van der Waals surface area contributed by atoms with Gasteiger partial charge >= 0.3 is 0 Å². The third-order valence-corrected chi connectivity index (χ3v) is 5.70. The lowest BCUT2D eigenvalue weighted by Gasteiger charge is -2.17. The lowest BCUT2D eigenvalue weighted by atomic mass is 10.1. The molecule has 0 bridgehead atoms. The number of anilines is 2. The summed E-state index contributed by atoms with van der Waals surface area (Å²) in [7, 11) is 0. The van der Waals surface area contributed by atoms with Crippen LogP contribution in [0.4, 0.5) is 17.3 Å². The molecule has 0 unspecified atom stereocenters. The monoisotopic (exact) mass is 423 g/mol. The van der Waals surface area contributed by atoms with Crippen molar-refractivity contribution in [3.05, 3.63) is 77.9 Å². The zero-order valence-corrected chi connectivity index (χ0v) is 17.2. The van der Waals surface area contributed by atoms with Crippen LogP contribution in [0.5, 0.6) is 0 Å². The summed E-state index contributed by atoms with van der Waals surface area (Å²) in [4.78, 5) is 30.4. The number of benzene rings is 2. The maximum atomic E-state index is 12.8. The van der Waals surface area contributed by atoms with Crippen LogP contribution in [0.25, 0.3) is 27.0 Å². The molecule has 0 radical (unpaired) electrons. The number of aromatic amines is 1. The van der Waals surface area contributed by atoms with Crippen LogP contribution in [0.3, 0.4) is 0 Å². The van der Waals surface area contributed by atoms with Gasteiger partial charge in [0.1, 0.15) is 0 Å². The number of likely N-dealkylation sites (tertiary alicyclic amines) is 1. The fourth-order valence-electron chi connectivity index (χ4n) is 4.05. The lowest BCUT2D eigenvalue weighted by Crippen LogP contribution is -2.31. The minimum absolute atomic E-state index is 0.0157. The van der Waals surface area contributed by atoms with Gasteiger partial charge in [0.15, 0.2) is 0 Å². The molecule has 1 aliphatic rings. The molecule has 3 heterocycles. The molecule has 2 aromatic carbocycles. The fraction of sp³-hybridized carbons (Fsp3) is 0.167. The first kappa shape index (κ1) is 19.6. The molecule has 158 valence electrons. The van der Waals surface area contributed by atoms with E-state index in [-0.39, 0.29) is 11.9 Å². The van der Waals surface area contributed by atoms with Crippen molar-refractivity contribution in [3.8, 4) is 11.3 Å². The van der Waals surface area contributed by atoms with Crippen LogP contribution in [0, 0.1) is 6.57 Å². The summed E-state index contributed by atoms with van der Waals surface area (Å²) >= 11 is 0. The summed E-state index contributed by atoms with van der Waals surface area (Å²) in [5.41, 5.74) is 9.81. The molecule has 32 heavy (non-hydrogen) atoms. The van der Waals surface area contributed by atoms with E-state index >= 15 is 0 Å². The molecule has 1 aliphatic heterocycles. The summed E-state index contributed by atoms with van der Waals surface area (Å²) in [6, 6.07) is 14.9. The van der Waals surface area contributed by atoms with Crippen LogP contribution < -0.4 is 11.1 Å².